The van der Waals surface area contributed by atoms with E-state index in [1.165, 1.54) is 21.4 Å². The van der Waals surface area contributed by atoms with Gasteiger partial charge in [0.25, 0.3) is 0 Å². The van der Waals surface area contributed by atoms with Crippen LogP contribution in [0.1, 0.15) is 19.3 Å². The van der Waals surface area contributed by atoms with Crippen LogP contribution in [-0.2, 0) is 21.9 Å². The van der Waals surface area contributed by atoms with Crippen molar-refractivity contribution in [2.24, 2.45) is 7.05 Å². The standard InChI is InChI=1S/C10H15N3O4S/c1-12-7-9(6-11-12)18(16,17)13(8-2-3-8)5-4-10(14)15/h6-8H,2-5H2,1H3,(H,14,15). The van der Waals surface area contributed by atoms with E-state index in [9.17, 15) is 13.2 Å². The lowest BCUT2D eigenvalue weighted by atomic mass is 10.4. The minimum atomic E-state index is -3.63. The largest absolute Gasteiger partial charge is 0.481 e. The van der Waals surface area contributed by atoms with E-state index in [4.69, 9.17) is 5.11 Å². The summed E-state index contributed by atoms with van der Waals surface area (Å²) < 4.78 is 27.3. The molecule has 0 amide bonds. The van der Waals surface area contributed by atoms with Crippen LogP contribution in [-0.4, -0.2) is 46.2 Å². The van der Waals surface area contributed by atoms with Crippen molar-refractivity contribution in [2.75, 3.05) is 6.54 Å². The molecule has 0 spiro atoms. The van der Waals surface area contributed by atoms with Gasteiger partial charge in [-0.15, -0.1) is 0 Å². The van der Waals surface area contributed by atoms with Crippen LogP contribution >= 0.6 is 0 Å². The van der Waals surface area contributed by atoms with Gasteiger partial charge in [0, 0.05) is 25.8 Å². The predicted molar refractivity (Wildman–Crippen MR) is 62.4 cm³/mol. The van der Waals surface area contributed by atoms with Crippen molar-refractivity contribution in [1.29, 1.82) is 0 Å². The van der Waals surface area contributed by atoms with Crippen molar-refractivity contribution in [2.45, 2.75) is 30.2 Å². The molecule has 0 bridgehead atoms. The lowest BCUT2D eigenvalue weighted by molar-refractivity contribution is -0.137. The summed E-state index contributed by atoms with van der Waals surface area (Å²) in [5, 5.41) is 12.5. The average Bonchev–Trinajstić information content (AvgIpc) is 2.99. The molecular formula is C10H15N3O4S. The van der Waals surface area contributed by atoms with Crippen molar-refractivity contribution in [3.63, 3.8) is 0 Å². The van der Waals surface area contributed by atoms with Gasteiger partial charge in [-0.25, -0.2) is 8.42 Å². The summed E-state index contributed by atoms with van der Waals surface area (Å²) in [5.41, 5.74) is 0. The number of aryl methyl sites for hydroxylation is 1. The molecule has 8 heteroatoms. The number of aliphatic carboxylic acids is 1. The molecule has 2 rings (SSSR count). The van der Waals surface area contributed by atoms with E-state index in [2.05, 4.69) is 5.10 Å². The molecule has 18 heavy (non-hydrogen) atoms. The molecule has 1 aromatic heterocycles. The van der Waals surface area contributed by atoms with Gasteiger partial charge in [-0.1, -0.05) is 0 Å². The Morgan fingerprint density at radius 2 is 2.28 bits per heavy atom. The molecular weight excluding hydrogens is 258 g/mol. The van der Waals surface area contributed by atoms with Gasteiger partial charge >= 0.3 is 5.97 Å². The van der Waals surface area contributed by atoms with Crippen molar-refractivity contribution in [3.05, 3.63) is 12.4 Å². The first kappa shape index (κ1) is 13.0. The lowest BCUT2D eigenvalue weighted by Gasteiger charge is -2.19. The first-order valence-corrected chi connectivity index (χ1v) is 7.07. The Kier molecular flexibility index (Phi) is 3.40. The molecule has 1 aliphatic carbocycles. The maximum absolute atomic E-state index is 12.3. The van der Waals surface area contributed by atoms with Gasteiger partial charge in [0.2, 0.25) is 10.0 Å². The van der Waals surface area contributed by atoms with Gasteiger partial charge in [0.05, 0.1) is 12.6 Å². The van der Waals surface area contributed by atoms with Crippen LogP contribution in [0.2, 0.25) is 0 Å². The maximum atomic E-state index is 12.3. The fourth-order valence-electron chi connectivity index (χ4n) is 1.73. The summed E-state index contributed by atoms with van der Waals surface area (Å²) in [4.78, 5) is 10.7. The predicted octanol–water partition coefficient (Wildman–Crippen LogP) is 0.0479. The average molecular weight is 273 g/mol. The monoisotopic (exact) mass is 273 g/mol. The van der Waals surface area contributed by atoms with Crippen LogP contribution < -0.4 is 0 Å². The van der Waals surface area contributed by atoms with Gasteiger partial charge < -0.3 is 5.11 Å². The van der Waals surface area contributed by atoms with E-state index in [1.54, 1.807) is 7.05 Å². The molecule has 1 aliphatic rings. The maximum Gasteiger partial charge on any atom is 0.304 e. The third kappa shape index (κ3) is 2.70. The topological polar surface area (TPSA) is 92.5 Å². The fraction of sp³-hybridized carbons (Fsp3) is 0.600. The highest BCUT2D eigenvalue weighted by Gasteiger charge is 2.38. The normalized spacial score (nSPS) is 16.1. The van der Waals surface area contributed by atoms with Crippen molar-refractivity contribution in [3.8, 4) is 0 Å². The number of aromatic nitrogens is 2. The van der Waals surface area contributed by atoms with Gasteiger partial charge in [0.1, 0.15) is 4.90 Å². The number of hydrogen-bond donors (Lipinski definition) is 1. The summed E-state index contributed by atoms with van der Waals surface area (Å²) in [7, 11) is -1.99. The molecule has 0 unspecified atom stereocenters. The molecule has 1 saturated carbocycles. The van der Waals surface area contributed by atoms with Gasteiger partial charge in [-0.05, 0) is 12.8 Å². The van der Waals surface area contributed by atoms with E-state index >= 15 is 0 Å². The Hall–Kier alpha value is -1.41. The highest BCUT2D eigenvalue weighted by Crippen LogP contribution is 2.31. The molecule has 0 atom stereocenters. The lowest BCUT2D eigenvalue weighted by Crippen LogP contribution is -2.34. The number of carboxylic acids is 1. The quantitative estimate of drug-likeness (QED) is 0.790. The van der Waals surface area contributed by atoms with Crippen LogP contribution in [0.5, 0.6) is 0 Å². The number of carboxylic acid groups (broad SMARTS) is 1. The molecule has 0 radical (unpaired) electrons. The molecule has 1 N–H and O–H groups in total. The third-order valence-corrected chi connectivity index (χ3v) is 4.69. The summed E-state index contributed by atoms with van der Waals surface area (Å²) >= 11 is 0. The number of rotatable bonds is 6. The molecule has 1 heterocycles. The van der Waals surface area contributed by atoms with Crippen LogP contribution in [0.3, 0.4) is 0 Å². The smallest absolute Gasteiger partial charge is 0.304 e. The summed E-state index contributed by atoms with van der Waals surface area (Å²) in [6.07, 6.45) is 4.10. The number of sulfonamides is 1. The minimum Gasteiger partial charge on any atom is -0.481 e. The summed E-state index contributed by atoms with van der Waals surface area (Å²) in [6, 6.07) is -0.0606. The zero-order valence-electron chi connectivity index (χ0n) is 9.98. The van der Waals surface area contributed by atoms with Crippen molar-refractivity contribution >= 4 is 16.0 Å². The SMILES string of the molecule is Cn1cc(S(=O)(=O)N(CCC(=O)O)C2CC2)cn1. The Balaban J connectivity index is 2.21. The zero-order chi connectivity index (χ0) is 13.3. The van der Waals surface area contributed by atoms with Gasteiger partial charge in [0.15, 0.2) is 0 Å². The van der Waals surface area contributed by atoms with Crippen LogP contribution in [0, 0.1) is 0 Å². The first-order chi connectivity index (χ1) is 8.41. The Morgan fingerprint density at radius 1 is 1.61 bits per heavy atom. The molecule has 0 saturated heterocycles. The highest BCUT2D eigenvalue weighted by molar-refractivity contribution is 7.89. The second-order valence-corrected chi connectivity index (χ2v) is 6.23. The van der Waals surface area contributed by atoms with Crippen LogP contribution in [0.25, 0.3) is 0 Å². The number of carbonyl (C=O) groups is 1. The minimum absolute atomic E-state index is 0.0111. The number of hydrogen-bond acceptors (Lipinski definition) is 4. The first-order valence-electron chi connectivity index (χ1n) is 5.63. The van der Waals surface area contributed by atoms with E-state index < -0.39 is 16.0 Å². The van der Waals surface area contributed by atoms with E-state index in [0.29, 0.717) is 0 Å². The molecule has 100 valence electrons. The zero-order valence-corrected chi connectivity index (χ0v) is 10.8. The third-order valence-electron chi connectivity index (χ3n) is 2.79. The molecule has 0 aromatic carbocycles. The molecule has 7 nitrogen and oxygen atoms in total. The molecule has 1 fully saturated rings. The second-order valence-electron chi connectivity index (χ2n) is 4.34. The van der Waals surface area contributed by atoms with Gasteiger partial charge in [-0.3, -0.25) is 9.48 Å². The number of nitrogens with zero attached hydrogens (tertiary/aromatic N) is 3. The Labute approximate surface area is 105 Å². The Morgan fingerprint density at radius 3 is 2.72 bits per heavy atom. The summed E-state index contributed by atoms with van der Waals surface area (Å²) in [5.74, 6) is -0.998. The fourth-order valence-corrected chi connectivity index (χ4v) is 3.41. The van der Waals surface area contributed by atoms with Crippen LogP contribution in [0.4, 0.5) is 0 Å². The molecule has 0 aliphatic heterocycles. The van der Waals surface area contributed by atoms with Crippen LogP contribution in [0.15, 0.2) is 17.3 Å². The summed E-state index contributed by atoms with van der Waals surface area (Å²) in [6.45, 7) is 0.0111. The Bertz CT molecular complexity index is 547. The van der Waals surface area contributed by atoms with Crippen molar-refractivity contribution in [1.82, 2.24) is 14.1 Å². The second kappa shape index (κ2) is 4.69. The van der Waals surface area contributed by atoms with E-state index in [1.807, 2.05) is 0 Å². The van der Waals surface area contributed by atoms with Crippen molar-refractivity contribution < 1.29 is 18.3 Å². The van der Waals surface area contributed by atoms with E-state index in [0.717, 1.165) is 12.8 Å². The molecule has 1 aromatic rings. The van der Waals surface area contributed by atoms with E-state index in [-0.39, 0.29) is 23.9 Å². The van der Waals surface area contributed by atoms with Gasteiger partial charge in [-0.2, -0.15) is 9.40 Å². The highest BCUT2D eigenvalue weighted by atomic mass is 32.2.